The number of rotatable bonds is 1. The third-order valence-electron chi connectivity index (χ3n) is 3.10. The molecule has 92 valence electrons. The minimum absolute atomic E-state index is 0.137. The minimum atomic E-state index is 0.137. The van der Waals surface area contributed by atoms with E-state index < -0.39 is 0 Å². The first-order valence-electron chi connectivity index (χ1n) is 6.06. The van der Waals surface area contributed by atoms with E-state index in [0.29, 0.717) is 5.69 Å². The molecule has 17 heavy (non-hydrogen) atoms. The van der Waals surface area contributed by atoms with Crippen molar-refractivity contribution in [3.05, 3.63) is 35.5 Å². The summed E-state index contributed by atoms with van der Waals surface area (Å²) in [5.41, 5.74) is 1.87. The van der Waals surface area contributed by atoms with Crippen LogP contribution in [0.2, 0.25) is 0 Å². The fourth-order valence-corrected chi connectivity index (χ4v) is 2.13. The van der Waals surface area contributed by atoms with Crippen LogP contribution in [0, 0.1) is 12.3 Å². The summed E-state index contributed by atoms with van der Waals surface area (Å²) in [6, 6.07) is 3.65. The summed E-state index contributed by atoms with van der Waals surface area (Å²) in [6.07, 6.45) is 7.76. The topological polar surface area (TPSA) is 52.2 Å². The van der Waals surface area contributed by atoms with Crippen LogP contribution in [0.4, 0.5) is 5.69 Å². The second-order valence-electron chi connectivity index (χ2n) is 4.44. The Morgan fingerprint density at radius 3 is 2.71 bits per heavy atom. The van der Waals surface area contributed by atoms with Crippen LogP contribution in [0.1, 0.15) is 25.0 Å². The number of hydrogen-bond donors (Lipinski definition) is 2. The summed E-state index contributed by atoms with van der Waals surface area (Å²) in [6.45, 7) is 3.80. The van der Waals surface area contributed by atoms with E-state index in [4.69, 9.17) is 5.41 Å². The summed E-state index contributed by atoms with van der Waals surface area (Å²) in [5.74, 6) is 0. The second kappa shape index (κ2) is 5.08. The van der Waals surface area contributed by atoms with Crippen molar-refractivity contribution in [3.63, 3.8) is 0 Å². The van der Waals surface area contributed by atoms with Gasteiger partial charge < -0.3 is 10.1 Å². The Morgan fingerprint density at radius 1 is 1.18 bits per heavy atom. The molecule has 1 aromatic heterocycles. The Labute approximate surface area is 101 Å². The summed E-state index contributed by atoms with van der Waals surface area (Å²) >= 11 is 0. The van der Waals surface area contributed by atoms with Gasteiger partial charge in [-0.15, -0.1) is 0 Å². The number of allylic oxidation sites excluding steroid dienone is 1. The monoisotopic (exact) mass is 233 g/mol. The van der Waals surface area contributed by atoms with Crippen LogP contribution < -0.4 is 10.4 Å². The molecule has 0 bridgehead atoms. The van der Waals surface area contributed by atoms with E-state index in [0.717, 1.165) is 42.8 Å². The third kappa shape index (κ3) is 2.70. The number of anilines is 1. The Bertz CT molecular complexity index is 476. The van der Waals surface area contributed by atoms with E-state index in [1.807, 2.05) is 13.0 Å². The first kappa shape index (κ1) is 11.8. The Hall–Kier alpha value is -1.71. The molecule has 0 aromatic carbocycles. The number of hydrogen-bond acceptors (Lipinski definition) is 3. The molecule has 0 atom stereocenters. The van der Waals surface area contributed by atoms with E-state index >= 15 is 0 Å². The molecule has 4 heteroatoms. The van der Waals surface area contributed by atoms with Crippen molar-refractivity contribution < 1.29 is 5.21 Å². The molecule has 4 nitrogen and oxygen atoms in total. The Morgan fingerprint density at radius 2 is 1.94 bits per heavy atom. The van der Waals surface area contributed by atoms with Crippen molar-refractivity contribution >= 4 is 5.69 Å². The predicted octanol–water partition coefficient (Wildman–Crippen LogP) is 2.06. The van der Waals surface area contributed by atoms with Crippen LogP contribution >= 0.6 is 0 Å². The van der Waals surface area contributed by atoms with E-state index in [1.54, 1.807) is 6.07 Å². The van der Waals surface area contributed by atoms with Gasteiger partial charge in [0.05, 0.1) is 5.69 Å². The molecule has 2 N–H and O–H groups in total. The largest absolute Gasteiger partial charge is 0.427 e. The zero-order chi connectivity index (χ0) is 12.3. The summed E-state index contributed by atoms with van der Waals surface area (Å²) < 4.78 is 0.910. The smallest absolute Gasteiger partial charge is 0.162 e. The van der Waals surface area contributed by atoms with Gasteiger partial charge in [-0.1, -0.05) is 12.2 Å². The van der Waals surface area contributed by atoms with Gasteiger partial charge in [0.1, 0.15) is 0 Å². The van der Waals surface area contributed by atoms with Gasteiger partial charge in [0.15, 0.2) is 5.49 Å². The number of aryl methyl sites for hydroxylation is 1. The van der Waals surface area contributed by atoms with Gasteiger partial charge in [0.2, 0.25) is 0 Å². The van der Waals surface area contributed by atoms with Crippen molar-refractivity contribution in [2.45, 2.75) is 26.2 Å². The standard InChI is InChI=1S/C13H19N3O/c1-11-9-12(10-13(14)16(11)17)15-7-5-3-2-4-6-8-15/h2-3,9-10,14,17H,4-8H2,1H3. The van der Waals surface area contributed by atoms with Crippen LogP contribution in [0.5, 0.6) is 0 Å². The average molecular weight is 233 g/mol. The molecule has 0 radical (unpaired) electrons. The van der Waals surface area contributed by atoms with Crippen molar-refractivity contribution in [3.8, 4) is 0 Å². The highest BCUT2D eigenvalue weighted by Gasteiger charge is 2.09. The molecule has 0 unspecified atom stereocenters. The predicted molar refractivity (Wildman–Crippen MR) is 67.4 cm³/mol. The Balaban J connectivity index is 2.26. The number of nitrogens with zero attached hydrogens (tertiary/aromatic N) is 2. The molecule has 0 spiro atoms. The van der Waals surface area contributed by atoms with Gasteiger partial charge in [-0.05, 0) is 32.3 Å². The van der Waals surface area contributed by atoms with E-state index in [9.17, 15) is 5.21 Å². The molecule has 0 fully saturated rings. The summed E-state index contributed by atoms with van der Waals surface area (Å²) in [5, 5.41) is 17.2. The molecular formula is C13H19N3O. The van der Waals surface area contributed by atoms with Gasteiger partial charge in [0, 0.05) is 24.8 Å². The highest BCUT2D eigenvalue weighted by atomic mass is 16.5. The first-order valence-corrected chi connectivity index (χ1v) is 6.06. The first-order chi connectivity index (χ1) is 8.18. The maximum atomic E-state index is 9.53. The van der Waals surface area contributed by atoms with Crippen molar-refractivity contribution in [2.75, 3.05) is 18.0 Å². The van der Waals surface area contributed by atoms with Crippen LogP contribution in [-0.4, -0.2) is 23.0 Å². The minimum Gasteiger partial charge on any atom is -0.427 e. The van der Waals surface area contributed by atoms with Crippen LogP contribution in [0.25, 0.3) is 0 Å². The van der Waals surface area contributed by atoms with Crippen molar-refractivity contribution in [2.24, 2.45) is 0 Å². The third-order valence-corrected chi connectivity index (χ3v) is 3.10. The fraction of sp³-hybridized carbons (Fsp3) is 0.462. The summed E-state index contributed by atoms with van der Waals surface area (Å²) in [7, 11) is 0. The SMILES string of the molecule is Cc1cc(N2CCC=CCCC2)cc(=N)n1O. The molecule has 1 aliphatic rings. The normalized spacial score (nSPS) is 16.6. The van der Waals surface area contributed by atoms with E-state index in [2.05, 4.69) is 17.1 Å². The second-order valence-corrected chi connectivity index (χ2v) is 4.44. The molecule has 0 saturated heterocycles. The van der Waals surface area contributed by atoms with Crippen LogP contribution in [-0.2, 0) is 0 Å². The van der Waals surface area contributed by atoms with Gasteiger partial charge in [-0.2, -0.15) is 4.73 Å². The van der Waals surface area contributed by atoms with Crippen molar-refractivity contribution in [1.29, 1.82) is 5.41 Å². The van der Waals surface area contributed by atoms with Crippen LogP contribution in [0.3, 0.4) is 0 Å². The molecule has 0 aliphatic carbocycles. The lowest BCUT2D eigenvalue weighted by Crippen LogP contribution is -2.29. The van der Waals surface area contributed by atoms with Crippen molar-refractivity contribution in [1.82, 2.24) is 4.73 Å². The molecule has 1 aromatic rings. The zero-order valence-electron chi connectivity index (χ0n) is 10.2. The molecule has 1 aliphatic heterocycles. The molecule has 0 amide bonds. The number of pyridine rings is 1. The fourth-order valence-electron chi connectivity index (χ4n) is 2.13. The molecule has 2 heterocycles. The van der Waals surface area contributed by atoms with E-state index in [1.165, 1.54) is 0 Å². The average Bonchev–Trinajstić information content (AvgIpc) is 2.25. The summed E-state index contributed by atoms with van der Waals surface area (Å²) in [4.78, 5) is 2.29. The maximum absolute atomic E-state index is 9.53. The quantitative estimate of drug-likeness (QED) is 0.576. The highest BCUT2D eigenvalue weighted by Crippen LogP contribution is 2.16. The lowest BCUT2D eigenvalue weighted by Gasteiger charge is -2.26. The van der Waals surface area contributed by atoms with E-state index in [-0.39, 0.29) is 5.49 Å². The zero-order valence-corrected chi connectivity index (χ0v) is 10.2. The lowest BCUT2D eigenvalue weighted by atomic mass is 10.2. The van der Waals surface area contributed by atoms with Crippen LogP contribution in [0.15, 0.2) is 24.3 Å². The number of nitrogens with one attached hydrogen (secondary N) is 1. The Kier molecular flexibility index (Phi) is 3.52. The molecular weight excluding hydrogens is 214 g/mol. The lowest BCUT2D eigenvalue weighted by molar-refractivity contribution is 0.164. The molecule has 2 rings (SSSR count). The maximum Gasteiger partial charge on any atom is 0.162 e. The van der Waals surface area contributed by atoms with Gasteiger partial charge in [-0.3, -0.25) is 5.41 Å². The highest BCUT2D eigenvalue weighted by molar-refractivity contribution is 5.46. The van der Waals surface area contributed by atoms with Gasteiger partial charge in [0.25, 0.3) is 0 Å². The van der Waals surface area contributed by atoms with Gasteiger partial charge in [-0.25, -0.2) is 0 Å². The van der Waals surface area contributed by atoms with Gasteiger partial charge >= 0.3 is 0 Å². The number of aromatic nitrogens is 1. The molecule has 0 saturated carbocycles.